The lowest BCUT2D eigenvalue weighted by atomic mass is 9.80. The summed E-state index contributed by atoms with van der Waals surface area (Å²) in [7, 11) is 3.31. The van der Waals surface area contributed by atoms with Crippen molar-refractivity contribution in [1.29, 1.82) is 0 Å². The number of likely N-dealkylation sites (tertiary alicyclic amines) is 1. The molecule has 2 rings (SSSR count). The number of carbonyl (C=O) groups excluding carboxylic acids is 2. The number of benzene rings is 1. The minimum Gasteiger partial charge on any atom is -0.493 e. The van der Waals surface area contributed by atoms with Crippen LogP contribution in [0.3, 0.4) is 0 Å². The summed E-state index contributed by atoms with van der Waals surface area (Å²) in [6.45, 7) is 12.5. The Labute approximate surface area is 247 Å². The average molecular weight is 578 g/mol. The van der Waals surface area contributed by atoms with E-state index in [0.29, 0.717) is 56.6 Å². The van der Waals surface area contributed by atoms with Crippen LogP contribution >= 0.6 is 0 Å². The van der Waals surface area contributed by atoms with E-state index in [1.54, 1.807) is 21.1 Å². The van der Waals surface area contributed by atoms with E-state index >= 15 is 0 Å². The van der Waals surface area contributed by atoms with Crippen molar-refractivity contribution in [2.45, 2.75) is 91.3 Å². The zero-order chi connectivity index (χ0) is 30.5. The Bertz CT molecular complexity index is 932. The van der Waals surface area contributed by atoms with Crippen molar-refractivity contribution in [3.05, 3.63) is 23.8 Å². The third-order valence-corrected chi connectivity index (χ3v) is 8.41. The molecule has 1 aromatic carbocycles. The molecule has 0 radical (unpaired) electrons. The zero-order valence-corrected chi connectivity index (χ0v) is 26.4. The molecule has 1 aliphatic rings. The number of methoxy groups -OCH3 is 2. The number of piperidine rings is 1. The maximum absolute atomic E-state index is 13.2. The fourth-order valence-electron chi connectivity index (χ4n) is 5.51. The highest BCUT2D eigenvalue weighted by molar-refractivity contribution is 5.79. The summed E-state index contributed by atoms with van der Waals surface area (Å²) in [6.07, 6.45) is 3.27. The SMILES string of the molecule is COCCCOc1cc(C[C@@H](C[C@H](N)[C@@H](O)C[C@H](C(=O)NC2CCN(C(C)=O)CC2)C(C)C)C(C)C)ccc1OC. The van der Waals surface area contributed by atoms with Gasteiger partial charge in [-0.3, -0.25) is 9.59 Å². The van der Waals surface area contributed by atoms with Crippen LogP contribution in [-0.4, -0.2) is 80.5 Å². The second-order valence-corrected chi connectivity index (χ2v) is 12.2. The Morgan fingerprint density at radius 1 is 1.05 bits per heavy atom. The Hall–Kier alpha value is -2.36. The highest BCUT2D eigenvalue weighted by Gasteiger charge is 2.31. The number of amides is 2. The lowest BCUT2D eigenvalue weighted by molar-refractivity contribution is -0.130. The van der Waals surface area contributed by atoms with Gasteiger partial charge in [-0.05, 0) is 67.6 Å². The number of hydrogen-bond donors (Lipinski definition) is 3. The first kappa shape index (κ1) is 34.8. The van der Waals surface area contributed by atoms with Gasteiger partial charge in [0.05, 0.1) is 19.8 Å². The summed E-state index contributed by atoms with van der Waals surface area (Å²) >= 11 is 0. The third-order valence-electron chi connectivity index (χ3n) is 8.41. The molecule has 0 spiro atoms. The first-order chi connectivity index (χ1) is 19.5. The first-order valence-corrected chi connectivity index (χ1v) is 15.2. The molecule has 1 heterocycles. The van der Waals surface area contributed by atoms with Gasteiger partial charge < -0.3 is 35.3 Å². The van der Waals surface area contributed by atoms with Crippen molar-refractivity contribution >= 4 is 11.8 Å². The van der Waals surface area contributed by atoms with E-state index in [9.17, 15) is 14.7 Å². The van der Waals surface area contributed by atoms with Crippen LogP contribution in [0.5, 0.6) is 11.5 Å². The number of nitrogens with one attached hydrogen (secondary N) is 1. The quantitative estimate of drug-likeness (QED) is 0.241. The second kappa shape index (κ2) is 17.6. The van der Waals surface area contributed by atoms with Crippen molar-refractivity contribution < 1.29 is 28.9 Å². The van der Waals surface area contributed by atoms with Crippen molar-refractivity contribution in [2.24, 2.45) is 29.4 Å². The van der Waals surface area contributed by atoms with Crippen LogP contribution in [0.25, 0.3) is 0 Å². The van der Waals surface area contributed by atoms with Crippen LogP contribution < -0.4 is 20.5 Å². The molecule has 4 N–H and O–H groups in total. The highest BCUT2D eigenvalue weighted by atomic mass is 16.5. The normalized spacial score (nSPS) is 17.3. The monoisotopic (exact) mass is 577 g/mol. The predicted molar refractivity (Wildman–Crippen MR) is 162 cm³/mol. The molecule has 0 bridgehead atoms. The molecule has 41 heavy (non-hydrogen) atoms. The molecular weight excluding hydrogens is 522 g/mol. The molecular formula is C32H55N3O6. The Balaban J connectivity index is 1.98. The van der Waals surface area contributed by atoms with Crippen LogP contribution in [0.2, 0.25) is 0 Å². The maximum Gasteiger partial charge on any atom is 0.223 e. The molecule has 0 saturated carbocycles. The fraction of sp³-hybridized carbons (Fsp3) is 0.750. The van der Waals surface area contributed by atoms with Crippen molar-refractivity contribution in [1.82, 2.24) is 10.2 Å². The summed E-state index contributed by atoms with van der Waals surface area (Å²) in [4.78, 5) is 26.7. The molecule has 1 fully saturated rings. The molecule has 1 aliphatic heterocycles. The van der Waals surface area contributed by atoms with E-state index in [0.717, 1.165) is 31.2 Å². The molecule has 0 aromatic heterocycles. The van der Waals surface area contributed by atoms with Crippen LogP contribution in [0.15, 0.2) is 18.2 Å². The molecule has 2 amide bonds. The molecule has 0 aliphatic carbocycles. The Morgan fingerprint density at radius 3 is 2.29 bits per heavy atom. The molecule has 0 unspecified atom stereocenters. The van der Waals surface area contributed by atoms with Gasteiger partial charge in [-0.25, -0.2) is 0 Å². The van der Waals surface area contributed by atoms with E-state index < -0.39 is 12.1 Å². The zero-order valence-electron chi connectivity index (χ0n) is 26.4. The maximum atomic E-state index is 13.2. The molecule has 9 nitrogen and oxygen atoms in total. The van der Waals surface area contributed by atoms with Gasteiger partial charge >= 0.3 is 0 Å². The molecule has 4 atom stereocenters. The van der Waals surface area contributed by atoms with Crippen LogP contribution in [-0.2, 0) is 20.7 Å². The van der Waals surface area contributed by atoms with Gasteiger partial charge in [-0.1, -0.05) is 33.8 Å². The van der Waals surface area contributed by atoms with Crippen molar-refractivity contribution in [2.75, 3.05) is 40.5 Å². The third kappa shape index (κ3) is 11.4. The van der Waals surface area contributed by atoms with Crippen molar-refractivity contribution in [3.63, 3.8) is 0 Å². The summed E-state index contributed by atoms with van der Waals surface area (Å²) in [5.41, 5.74) is 7.71. The predicted octanol–water partition coefficient (Wildman–Crippen LogP) is 3.79. The standard InChI is InChI=1S/C32H55N3O6/c1-21(2)25(17-24-9-10-30(40-7)31(18-24)41-16-8-15-39-6)19-28(33)29(37)20-27(22(3)4)32(38)34-26-11-13-35(14-12-26)23(5)36/h9-10,18,21-22,25-29,37H,8,11-17,19-20,33H2,1-7H3,(H,34,38)/t25-,27-,28-,29-/m0/s1. The van der Waals surface area contributed by atoms with Crippen LogP contribution in [0.1, 0.15) is 72.3 Å². The molecule has 1 saturated heterocycles. The highest BCUT2D eigenvalue weighted by Crippen LogP contribution is 2.32. The number of nitrogens with zero attached hydrogens (tertiary/aromatic N) is 1. The number of ether oxygens (including phenoxy) is 3. The van der Waals surface area contributed by atoms with Gasteiger partial charge in [0.1, 0.15) is 0 Å². The number of aliphatic hydroxyl groups excluding tert-OH is 1. The van der Waals surface area contributed by atoms with Crippen LogP contribution in [0.4, 0.5) is 0 Å². The topological polar surface area (TPSA) is 123 Å². The molecule has 1 aromatic rings. The van der Waals surface area contributed by atoms with E-state index in [-0.39, 0.29) is 35.6 Å². The summed E-state index contributed by atoms with van der Waals surface area (Å²) < 4.78 is 16.6. The minimum absolute atomic E-state index is 0.0378. The summed E-state index contributed by atoms with van der Waals surface area (Å²) in [5.74, 6) is 1.77. The van der Waals surface area contributed by atoms with Gasteiger partial charge in [0.2, 0.25) is 11.8 Å². The number of carbonyl (C=O) groups is 2. The average Bonchev–Trinajstić information content (AvgIpc) is 2.93. The number of aliphatic hydroxyl groups is 1. The van der Waals surface area contributed by atoms with Gasteiger partial charge in [-0.2, -0.15) is 0 Å². The first-order valence-electron chi connectivity index (χ1n) is 15.2. The van der Waals surface area contributed by atoms with Crippen molar-refractivity contribution in [3.8, 4) is 11.5 Å². The largest absolute Gasteiger partial charge is 0.493 e. The van der Waals surface area contributed by atoms with Crippen LogP contribution in [0, 0.1) is 23.7 Å². The smallest absolute Gasteiger partial charge is 0.223 e. The minimum atomic E-state index is -0.787. The number of nitrogens with two attached hydrogens (primary N) is 1. The second-order valence-electron chi connectivity index (χ2n) is 12.2. The number of rotatable bonds is 17. The van der Waals surface area contributed by atoms with E-state index in [1.807, 2.05) is 30.9 Å². The Kier molecular flexibility index (Phi) is 14.9. The molecule has 9 heteroatoms. The Morgan fingerprint density at radius 2 is 1.73 bits per heavy atom. The van der Waals surface area contributed by atoms with Gasteiger partial charge in [0, 0.05) is 58.2 Å². The summed E-state index contributed by atoms with van der Waals surface area (Å²) in [6, 6.07) is 5.62. The molecule has 234 valence electrons. The lowest BCUT2D eigenvalue weighted by Crippen LogP contribution is -2.49. The van der Waals surface area contributed by atoms with Gasteiger partial charge in [0.25, 0.3) is 0 Å². The van der Waals surface area contributed by atoms with E-state index in [4.69, 9.17) is 19.9 Å². The summed E-state index contributed by atoms with van der Waals surface area (Å²) in [5, 5.41) is 14.3. The number of hydrogen-bond acceptors (Lipinski definition) is 7. The fourth-order valence-corrected chi connectivity index (χ4v) is 5.51. The lowest BCUT2D eigenvalue weighted by Gasteiger charge is -2.34. The van der Waals surface area contributed by atoms with Gasteiger partial charge in [-0.15, -0.1) is 0 Å². The van der Waals surface area contributed by atoms with E-state index in [1.165, 1.54) is 0 Å². The van der Waals surface area contributed by atoms with Gasteiger partial charge in [0.15, 0.2) is 11.5 Å². The van der Waals surface area contributed by atoms with E-state index in [2.05, 4.69) is 25.2 Å².